The molecule has 5 heteroatoms. The zero-order valence-corrected chi connectivity index (χ0v) is 13.8. The molecule has 0 bridgehead atoms. The lowest BCUT2D eigenvalue weighted by Crippen LogP contribution is -2.09. The fourth-order valence-electron chi connectivity index (χ4n) is 3.26. The van der Waals surface area contributed by atoms with Crippen LogP contribution in [-0.2, 0) is 0 Å². The molecule has 21 heavy (non-hydrogen) atoms. The van der Waals surface area contributed by atoms with Crippen LogP contribution in [0.2, 0.25) is 5.15 Å². The predicted octanol–water partition coefficient (Wildman–Crippen LogP) is 5.57. The highest BCUT2D eigenvalue weighted by Gasteiger charge is 2.21. The number of hydrogen-bond acceptors (Lipinski definition) is 2. The Kier molecular flexibility index (Phi) is 3.38. The molecule has 0 aliphatic heterocycles. The Morgan fingerprint density at radius 2 is 1.95 bits per heavy atom. The summed E-state index contributed by atoms with van der Waals surface area (Å²) in [5.74, 6) is 1.37. The number of rotatable bonds is 1. The number of aromatic amines is 1. The van der Waals surface area contributed by atoms with Crippen molar-refractivity contribution in [3.05, 3.63) is 33.6 Å². The summed E-state index contributed by atoms with van der Waals surface area (Å²) in [5.41, 5.74) is 2.82. The normalized spacial score (nSPS) is 16.9. The molecule has 1 fully saturated rings. The number of hydrogen-bond donors (Lipinski definition) is 1. The highest BCUT2D eigenvalue weighted by Crippen LogP contribution is 2.35. The third kappa shape index (κ3) is 2.34. The maximum atomic E-state index is 6.40. The van der Waals surface area contributed by atoms with Gasteiger partial charge in [0.15, 0.2) is 5.15 Å². The van der Waals surface area contributed by atoms with Gasteiger partial charge in [-0.25, -0.2) is 9.97 Å². The van der Waals surface area contributed by atoms with Crippen LogP contribution in [-0.4, -0.2) is 15.0 Å². The minimum absolute atomic E-state index is 0.459. The molecule has 1 N–H and O–H groups in total. The van der Waals surface area contributed by atoms with Crippen molar-refractivity contribution in [2.24, 2.45) is 0 Å². The molecule has 0 amide bonds. The van der Waals surface area contributed by atoms with Crippen molar-refractivity contribution in [3.8, 4) is 0 Å². The van der Waals surface area contributed by atoms with Crippen molar-refractivity contribution >= 4 is 49.5 Å². The highest BCUT2D eigenvalue weighted by molar-refractivity contribution is 9.10. The molecule has 108 valence electrons. The van der Waals surface area contributed by atoms with Crippen LogP contribution in [0.4, 0.5) is 0 Å². The van der Waals surface area contributed by atoms with Gasteiger partial charge in [0, 0.05) is 21.3 Å². The first kappa shape index (κ1) is 13.5. The number of nitrogens with one attached hydrogen (secondary N) is 1. The number of halogens is 2. The van der Waals surface area contributed by atoms with Crippen molar-refractivity contribution in [3.63, 3.8) is 0 Å². The van der Waals surface area contributed by atoms with Crippen LogP contribution in [0, 0.1) is 0 Å². The van der Waals surface area contributed by atoms with Crippen LogP contribution in [0.25, 0.3) is 21.9 Å². The highest BCUT2D eigenvalue weighted by atomic mass is 79.9. The lowest BCUT2D eigenvalue weighted by atomic mass is 9.88. The first-order valence-corrected chi connectivity index (χ1v) is 8.54. The maximum Gasteiger partial charge on any atom is 0.156 e. The molecular formula is C16H15BrClN3. The minimum atomic E-state index is 0.459. The largest absolute Gasteiger partial charge is 0.351 e. The molecule has 3 nitrogen and oxygen atoms in total. The second kappa shape index (κ2) is 5.25. The smallest absolute Gasteiger partial charge is 0.156 e. The Hall–Kier alpha value is -1.13. The molecule has 4 rings (SSSR count). The molecule has 1 saturated carbocycles. The molecule has 0 unspecified atom stereocenters. The second-order valence-corrected chi connectivity index (χ2v) is 7.02. The average molecular weight is 365 g/mol. The molecule has 2 heterocycles. The van der Waals surface area contributed by atoms with E-state index in [0.717, 1.165) is 32.2 Å². The Morgan fingerprint density at radius 1 is 1.14 bits per heavy atom. The van der Waals surface area contributed by atoms with E-state index in [9.17, 15) is 0 Å². The van der Waals surface area contributed by atoms with Gasteiger partial charge >= 0.3 is 0 Å². The van der Waals surface area contributed by atoms with Gasteiger partial charge in [0.2, 0.25) is 0 Å². The Labute approximate surface area is 136 Å². The average Bonchev–Trinajstić information content (AvgIpc) is 2.86. The SMILES string of the molecule is Clc1nc(C2CCCCC2)nc2c1[nH]c1cc(Br)ccc12. The molecule has 0 radical (unpaired) electrons. The summed E-state index contributed by atoms with van der Waals surface area (Å²) in [7, 11) is 0. The van der Waals surface area contributed by atoms with E-state index in [-0.39, 0.29) is 0 Å². The van der Waals surface area contributed by atoms with E-state index in [1.807, 2.05) is 12.1 Å². The minimum Gasteiger partial charge on any atom is -0.351 e. The summed E-state index contributed by atoms with van der Waals surface area (Å²) in [5, 5.41) is 1.64. The molecule has 0 atom stereocenters. The van der Waals surface area contributed by atoms with Crippen LogP contribution < -0.4 is 0 Å². The van der Waals surface area contributed by atoms with Gasteiger partial charge in [0.25, 0.3) is 0 Å². The van der Waals surface area contributed by atoms with E-state index in [1.54, 1.807) is 0 Å². The van der Waals surface area contributed by atoms with Crippen molar-refractivity contribution in [2.45, 2.75) is 38.0 Å². The second-order valence-electron chi connectivity index (χ2n) is 5.75. The molecule has 0 spiro atoms. The standard InChI is InChI=1S/C16H15BrClN3/c17-10-6-7-11-12(8-10)19-14-13(11)20-16(21-15(14)18)9-4-2-1-3-5-9/h6-9,19H,1-5H2. The van der Waals surface area contributed by atoms with E-state index in [2.05, 4.69) is 32.0 Å². The lowest BCUT2D eigenvalue weighted by Gasteiger charge is -2.20. The van der Waals surface area contributed by atoms with Gasteiger partial charge in [-0.15, -0.1) is 0 Å². The summed E-state index contributed by atoms with van der Waals surface area (Å²) < 4.78 is 1.04. The van der Waals surface area contributed by atoms with Crippen molar-refractivity contribution in [1.29, 1.82) is 0 Å². The first-order valence-electron chi connectivity index (χ1n) is 7.37. The van der Waals surface area contributed by atoms with E-state index in [4.69, 9.17) is 16.6 Å². The van der Waals surface area contributed by atoms with Gasteiger partial charge in [-0.1, -0.05) is 46.8 Å². The van der Waals surface area contributed by atoms with E-state index in [0.29, 0.717) is 11.1 Å². The molecule has 3 aromatic rings. The third-order valence-corrected chi connectivity index (χ3v) is 5.12. The summed E-state index contributed by atoms with van der Waals surface area (Å²) >= 11 is 9.89. The molecule has 1 aliphatic carbocycles. The fourth-order valence-corrected chi connectivity index (χ4v) is 3.84. The number of benzene rings is 1. The van der Waals surface area contributed by atoms with Crippen LogP contribution in [0.1, 0.15) is 43.8 Å². The maximum absolute atomic E-state index is 6.40. The van der Waals surface area contributed by atoms with Crippen molar-refractivity contribution in [1.82, 2.24) is 15.0 Å². The summed E-state index contributed by atoms with van der Waals surface area (Å²) in [6, 6.07) is 6.16. The zero-order valence-electron chi connectivity index (χ0n) is 11.5. The van der Waals surface area contributed by atoms with E-state index in [1.165, 1.54) is 32.1 Å². The third-order valence-electron chi connectivity index (χ3n) is 4.35. The van der Waals surface area contributed by atoms with Crippen LogP contribution in [0.3, 0.4) is 0 Å². The van der Waals surface area contributed by atoms with Crippen molar-refractivity contribution in [2.75, 3.05) is 0 Å². The Bertz CT molecular complexity index is 821. The monoisotopic (exact) mass is 363 g/mol. The number of fused-ring (bicyclic) bond motifs is 3. The van der Waals surface area contributed by atoms with Gasteiger partial charge in [-0.2, -0.15) is 0 Å². The molecule has 2 aromatic heterocycles. The first-order chi connectivity index (χ1) is 10.2. The zero-order chi connectivity index (χ0) is 14.4. The number of nitrogens with zero attached hydrogens (tertiary/aromatic N) is 2. The molecule has 1 aromatic carbocycles. The van der Waals surface area contributed by atoms with Gasteiger partial charge in [0.1, 0.15) is 16.9 Å². The number of H-pyrrole nitrogens is 1. The number of aromatic nitrogens is 3. The van der Waals surface area contributed by atoms with Gasteiger partial charge < -0.3 is 4.98 Å². The molecule has 0 saturated heterocycles. The summed E-state index contributed by atoms with van der Waals surface area (Å²) in [6.45, 7) is 0. The molecule has 1 aliphatic rings. The fraction of sp³-hybridized carbons (Fsp3) is 0.375. The predicted molar refractivity (Wildman–Crippen MR) is 89.9 cm³/mol. The molecular weight excluding hydrogens is 350 g/mol. The van der Waals surface area contributed by atoms with Gasteiger partial charge in [-0.05, 0) is 31.0 Å². The van der Waals surface area contributed by atoms with E-state index >= 15 is 0 Å². The van der Waals surface area contributed by atoms with E-state index < -0.39 is 0 Å². The van der Waals surface area contributed by atoms with Crippen LogP contribution in [0.15, 0.2) is 22.7 Å². The Balaban J connectivity index is 1.92. The summed E-state index contributed by atoms with van der Waals surface area (Å²) in [4.78, 5) is 12.7. The Morgan fingerprint density at radius 3 is 2.76 bits per heavy atom. The summed E-state index contributed by atoms with van der Waals surface area (Å²) in [6.07, 6.45) is 6.22. The topological polar surface area (TPSA) is 41.6 Å². The van der Waals surface area contributed by atoms with Gasteiger partial charge in [0.05, 0.1) is 0 Å². The van der Waals surface area contributed by atoms with Crippen LogP contribution >= 0.6 is 27.5 Å². The lowest BCUT2D eigenvalue weighted by molar-refractivity contribution is 0.429. The van der Waals surface area contributed by atoms with Gasteiger partial charge in [-0.3, -0.25) is 0 Å². The van der Waals surface area contributed by atoms with Crippen LogP contribution in [0.5, 0.6) is 0 Å². The van der Waals surface area contributed by atoms with Crippen molar-refractivity contribution < 1.29 is 0 Å². The quantitative estimate of drug-likeness (QED) is 0.573.